The molecule has 7 heteroatoms. The molecule has 6 nitrogen and oxygen atoms in total. The van der Waals surface area contributed by atoms with Gasteiger partial charge < -0.3 is 10.5 Å². The first-order valence-corrected chi connectivity index (χ1v) is 6.86. The number of nitrogen functional groups attached to an aromatic ring is 1. The number of carbonyl (C=O) groups excluding carboxylic acids is 1. The summed E-state index contributed by atoms with van der Waals surface area (Å²) in [6.45, 7) is 3.11. The zero-order valence-electron chi connectivity index (χ0n) is 10.3. The van der Waals surface area contributed by atoms with Crippen molar-refractivity contribution in [2.75, 3.05) is 18.9 Å². The number of carbonyl (C=O) groups is 1. The van der Waals surface area contributed by atoms with Crippen molar-refractivity contribution in [2.24, 2.45) is 0 Å². The highest BCUT2D eigenvalue weighted by atomic mass is 32.2. The molecule has 100 valence electrons. The van der Waals surface area contributed by atoms with Gasteiger partial charge in [-0.2, -0.15) is 4.72 Å². The van der Waals surface area contributed by atoms with Gasteiger partial charge in [0.05, 0.1) is 11.5 Å². The van der Waals surface area contributed by atoms with Crippen LogP contribution in [0, 0.1) is 6.92 Å². The van der Waals surface area contributed by atoms with Gasteiger partial charge in [0.2, 0.25) is 10.0 Å². The van der Waals surface area contributed by atoms with Gasteiger partial charge in [-0.1, -0.05) is 6.07 Å². The maximum atomic E-state index is 11.9. The first kappa shape index (κ1) is 14.5. The highest BCUT2D eigenvalue weighted by Gasteiger charge is 2.18. The topological polar surface area (TPSA) is 98.5 Å². The van der Waals surface area contributed by atoms with Crippen LogP contribution in [0.1, 0.15) is 12.5 Å². The fraction of sp³-hybridized carbons (Fsp3) is 0.364. The molecule has 0 atom stereocenters. The quantitative estimate of drug-likeness (QED) is 0.598. The van der Waals surface area contributed by atoms with Crippen LogP contribution in [0.15, 0.2) is 23.1 Å². The van der Waals surface area contributed by atoms with E-state index in [9.17, 15) is 13.2 Å². The smallest absolute Gasteiger partial charge is 0.321 e. The van der Waals surface area contributed by atoms with E-state index < -0.39 is 22.5 Å². The number of nitrogens with one attached hydrogen (secondary N) is 1. The molecule has 0 fully saturated rings. The number of nitrogens with two attached hydrogens (primary N) is 1. The Hall–Kier alpha value is -1.60. The van der Waals surface area contributed by atoms with E-state index in [-0.39, 0.29) is 11.5 Å². The average Bonchev–Trinajstić information content (AvgIpc) is 2.30. The van der Waals surface area contributed by atoms with E-state index in [4.69, 9.17) is 5.73 Å². The van der Waals surface area contributed by atoms with Crippen molar-refractivity contribution in [3.8, 4) is 0 Å². The van der Waals surface area contributed by atoms with Crippen LogP contribution in [0.3, 0.4) is 0 Å². The molecule has 0 unspecified atom stereocenters. The van der Waals surface area contributed by atoms with Gasteiger partial charge in [0.1, 0.15) is 6.54 Å². The van der Waals surface area contributed by atoms with Gasteiger partial charge in [-0.05, 0) is 31.5 Å². The van der Waals surface area contributed by atoms with Crippen LogP contribution >= 0.6 is 0 Å². The van der Waals surface area contributed by atoms with Gasteiger partial charge in [-0.3, -0.25) is 4.79 Å². The van der Waals surface area contributed by atoms with Crippen LogP contribution < -0.4 is 10.5 Å². The van der Waals surface area contributed by atoms with E-state index in [1.54, 1.807) is 26.0 Å². The Balaban J connectivity index is 2.87. The van der Waals surface area contributed by atoms with Crippen LogP contribution in [-0.4, -0.2) is 27.5 Å². The van der Waals surface area contributed by atoms with Crippen LogP contribution in [0.25, 0.3) is 0 Å². The molecule has 0 saturated carbocycles. The highest BCUT2D eigenvalue weighted by molar-refractivity contribution is 7.89. The standard InChI is InChI=1S/C11H16N2O4S/c1-3-17-11(14)7-13-18(15,16)10-6-9(12)5-4-8(10)2/h4-6,13H,3,7,12H2,1-2H3. The summed E-state index contributed by atoms with van der Waals surface area (Å²) >= 11 is 0. The Morgan fingerprint density at radius 2 is 2.11 bits per heavy atom. The maximum absolute atomic E-state index is 11.9. The SMILES string of the molecule is CCOC(=O)CNS(=O)(=O)c1cc(N)ccc1C. The molecule has 1 aromatic carbocycles. The number of sulfonamides is 1. The summed E-state index contributed by atoms with van der Waals surface area (Å²) in [5.74, 6) is -0.623. The predicted octanol–water partition coefficient (Wildman–Crippen LogP) is 0.419. The zero-order chi connectivity index (χ0) is 13.8. The summed E-state index contributed by atoms with van der Waals surface area (Å²) < 4.78 is 30.7. The fourth-order valence-corrected chi connectivity index (χ4v) is 2.60. The van der Waals surface area contributed by atoms with Crippen molar-refractivity contribution in [3.63, 3.8) is 0 Å². The lowest BCUT2D eigenvalue weighted by atomic mass is 10.2. The molecular formula is C11H16N2O4S. The minimum Gasteiger partial charge on any atom is -0.465 e. The molecular weight excluding hydrogens is 256 g/mol. The van der Waals surface area contributed by atoms with Gasteiger partial charge >= 0.3 is 5.97 Å². The maximum Gasteiger partial charge on any atom is 0.321 e. The Labute approximate surface area is 106 Å². The number of anilines is 1. The lowest BCUT2D eigenvalue weighted by Crippen LogP contribution is -2.31. The Bertz CT molecular complexity index is 540. The largest absolute Gasteiger partial charge is 0.465 e. The van der Waals surface area contributed by atoms with E-state index in [0.717, 1.165) is 0 Å². The Kier molecular flexibility index (Phi) is 4.69. The third-order valence-electron chi connectivity index (χ3n) is 2.21. The summed E-state index contributed by atoms with van der Waals surface area (Å²) in [7, 11) is -3.76. The van der Waals surface area contributed by atoms with Crippen molar-refractivity contribution >= 4 is 21.7 Å². The summed E-state index contributed by atoms with van der Waals surface area (Å²) in [4.78, 5) is 11.2. The second-order valence-electron chi connectivity index (χ2n) is 3.65. The molecule has 0 radical (unpaired) electrons. The monoisotopic (exact) mass is 272 g/mol. The summed E-state index contributed by atoms with van der Waals surface area (Å²) in [5, 5.41) is 0. The van der Waals surface area contributed by atoms with Crippen LogP contribution in [0.4, 0.5) is 5.69 Å². The third-order valence-corrected chi connectivity index (χ3v) is 3.76. The van der Waals surface area contributed by atoms with Crippen molar-refractivity contribution in [1.29, 1.82) is 0 Å². The second-order valence-corrected chi connectivity index (χ2v) is 5.39. The number of aryl methyl sites for hydroxylation is 1. The summed E-state index contributed by atoms with van der Waals surface area (Å²) in [6.07, 6.45) is 0. The molecule has 0 saturated heterocycles. The zero-order valence-corrected chi connectivity index (χ0v) is 11.1. The van der Waals surface area contributed by atoms with Gasteiger partial charge in [-0.15, -0.1) is 0 Å². The number of rotatable bonds is 5. The van der Waals surface area contributed by atoms with Crippen LogP contribution in [0.2, 0.25) is 0 Å². The molecule has 0 aliphatic carbocycles. The minimum absolute atomic E-state index is 0.0619. The van der Waals surface area contributed by atoms with E-state index in [0.29, 0.717) is 11.3 Å². The minimum atomic E-state index is -3.76. The van der Waals surface area contributed by atoms with Crippen molar-refractivity contribution in [2.45, 2.75) is 18.7 Å². The van der Waals surface area contributed by atoms with Gasteiger partial charge in [0.15, 0.2) is 0 Å². The molecule has 0 amide bonds. The summed E-state index contributed by atoms with van der Waals surface area (Å²) in [6, 6.07) is 4.57. The summed E-state index contributed by atoms with van der Waals surface area (Å²) in [5.41, 5.74) is 6.44. The van der Waals surface area contributed by atoms with Gasteiger partial charge in [0.25, 0.3) is 0 Å². The fourth-order valence-electron chi connectivity index (χ4n) is 1.35. The van der Waals surface area contributed by atoms with Crippen molar-refractivity contribution in [3.05, 3.63) is 23.8 Å². The van der Waals surface area contributed by atoms with Crippen molar-refractivity contribution < 1.29 is 17.9 Å². The average molecular weight is 272 g/mol. The van der Waals surface area contributed by atoms with Crippen molar-refractivity contribution in [1.82, 2.24) is 4.72 Å². The molecule has 0 aliphatic heterocycles. The molecule has 1 rings (SSSR count). The Morgan fingerprint density at radius 1 is 1.44 bits per heavy atom. The van der Waals surface area contributed by atoms with Gasteiger partial charge in [0, 0.05) is 5.69 Å². The predicted molar refractivity (Wildman–Crippen MR) is 67.4 cm³/mol. The van der Waals surface area contributed by atoms with Crippen LogP contribution in [-0.2, 0) is 19.6 Å². The molecule has 18 heavy (non-hydrogen) atoms. The van der Waals surface area contributed by atoms with E-state index in [1.807, 2.05) is 0 Å². The molecule has 0 heterocycles. The van der Waals surface area contributed by atoms with E-state index in [2.05, 4.69) is 9.46 Å². The molecule has 3 N–H and O–H groups in total. The number of ether oxygens (including phenoxy) is 1. The van der Waals surface area contributed by atoms with Crippen LogP contribution in [0.5, 0.6) is 0 Å². The first-order chi connectivity index (χ1) is 8.36. The lowest BCUT2D eigenvalue weighted by Gasteiger charge is -2.09. The Morgan fingerprint density at radius 3 is 2.72 bits per heavy atom. The molecule has 0 spiro atoms. The first-order valence-electron chi connectivity index (χ1n) is 5.38. The molecule has 1 aromatic rings. The number of benzene rings is 1. The second kappa shape index (κ2) is 5.83. The lowest BCUT2D eigenvalue weighted by molar-refractivity contribution is -0.141. The number of hydrogen-bond donors (Lipinski definition) is 2. The third kappa shape index (κ3) is 3.71. The van der Waals surface area contributed by atoms with E-state index in [1.165, 1.54) is 6.07 Å². The molecule has 0 aliphatic rings. The number of hydrogen-bond acceptors (Lipinski definition) is 5. The molecule has 0 bridgehead atoms. The normalized spacial score (nSPS) is 11.2. The molecule has 0 aromatic heterocycles. The number of esters is 1. The highest BCUT2D eigenvalue weighted by Crippen LogP contribution is 2.17. The van der Waals surface area contributed by atoms with E-state index >= 15 is 0 Å². The van der Waals surface area contributed by atoms with Gasteiger partial charge in [-0.25, -0.2) is 8.42 Å².